The highest BCUT2D eigenvalue weighted by molar-refractivity contribution is 5.70. The molecule has 5 heteroatoms. The van der Waals surface area contributed by atoms with Crippen LogP contribution in [0.5, 0.6) is 0 Å². The summed E-state index contributed by atoms with van der Waals surface area (Å²) in [5.74, 6) is -0.578. The first kappa shape index (κ1) is 49.6. The third kappa shape index (κ3) is 41.3. The summed E-state index contributed by atoms with van der Waals surface area (Å²) < 4.78 is 10.7. The van der Waals surface area contributed by atoms with Crippen molar-refractivity contribution in [3.05, 3.63) is 12.2 Å². The lowest BCUT2D eigenvalue weighted by Gasteiger charge is -2.15. The molecule has 0 aliphatic carbocycles. The van der Waals surface area contributed by atoms with E-state index in [0.717, 1.165) is 32.1 Å². The molecule has 0 aromatic heterocycles. The minimum Gasteiger partial charge on any atom is -0.462 e. The zero-order valence-corrected chi connectivity index (χ0v) is 34.4. The summed E-state index contributed by atoms with van der Waals surface area (Å²) in [6.07, 6.45) is 50.0. The van der Waals surface area contributed by atoms with E-state index in [-0.39, 0.29) is 25.2 Å². The standard InChI is InChI=1S/C46H88O5/c1-3-5-7-9-11-13-15-17-19-21-23-25-27-29-31-33-35-37-39-41-46(49)51-44(42-47)43-50-45(48)40-38-36-34-32-30-28-26-24-22-20-18-16-14-12-10-8-6-4-2/h17,19,44,47H,3-16,18,20-43H2,1-2H3/b19-17+/t44-/m0/s1. The molecule has 0 aromatic rings. The molecule has 0 amide bonds. The van der Waals surface area contributed by atoms with E-state index >= 15 is 0 Å². The SMILES string of the molecule is CCCCCCCC/C=C/CCCCCCCCCCCC(=O)O[C@@H](CO)COC(=O)CCCCCCCCCCCCCCCCCCCC. The first-order valence-electron chi connectivity index (χ1n) is 22.7. The highest BCUT2D eigenvalue weighted by Gasteiger charge is 2.16. The number of rotatable bonds is 42. The van der Waals surface area contributed by atoms with Crippen molar-refractivity contribution in [3.63, 3.8) is 0 Å². The van der Waals surface area contributed by atoms with Crippen LogP contribution >= 0.6 is 0 Å². The molecule has 0 bridgehead atoms. The van der Waals surface area contributed by atoms with E-state index in [1.54, 1.807) is 0 Å². The molecule has 0 saturated heterocycles. The summed E-state index contributed by atoms with van der Waals surface area (Å²) >= 11 is 0. The lowest BCUT2D eigenvalue weighted by molar-refractivity contribution is -0.161. The minimum atomic E-state index is -0.766. The van der Waals surface area contributed by atoms with E-state index in [4.69, 9.17) is 9.47 Å². The summed E-state index contributed by atoms with van der Waals surface area (Å²) in [7, 11) is 0. The van der Waals surface area contributed by atoms with Gasteiger partial charge in [0, 0.05) is 12.8 Å². The van der Waals surface area contributed by atoms with Crippen LogP contribution in [0.3, 0.4) is 0 Å². The van der Waals surface area contributed by atoms with Crippen molar-refractivity contribution in [2.24, 2.45) is 0 Å². The van der Waals surface area contributed by atoms with E-state index in [9.17, 15) is 14.7 Å². The second kappa shape index (κ2) is 43.0. The normalized spacial score (nSPS) is 12.1. The fraction of sp³-hybridized carbons (Fsp3) is 0.913. The number of hydrogen-bond acceptors (Lipinski definition) is 5. The molecule has 0 aliphatic heterocycles. The number of carbonyl (C=O) groups is 2. The molecule has 0 fully saturated rings. The highest BCUT2D eigenvalue weighted by Crippen LogP contribution is 2.16. The van der Waals surface area contributed by atoms with Gasteiger partial charge < -0.3 is 14.6 Å². The maximum Gasteiger partial charge on any atom is 0.306 e. The predicted octanol–water partition coefficient (Wildman–Crippen LogP) is 14.5. The Balaban J connectivity index is 3.48. The third-order valence-corrected chi connectivity index (χ3v) is 10.3. The number of carbonyl (C=O) groups excluding carboxylic acids is 2. The van der Waals surface area contributed by atoms with E-state index in [1.165, 1.54) is 193 Å². The molecule has 302 valence electrons. The molecular formula is C46H88O5. The number of unbranched alkanes of at least 4 members (excludes halogenated alkanes) is 32. The van der Waals surface area contributed by atoms with Crippen molar-refractivity contribution >= 4 is 11.9 Å². The second-order valence-electron chi connectivity index (χ2n) is 15.5. The molecule has 0 rings (SSSR count). The minimum absolute atomic E-state index is 0.0599. The van der Waals surface area contributed by atoms with Gasteiger partial charge in [-0.15, -0.1) is 0 Å². The molecule has 1 atom stereocenters. The van der Waals surface area contributed by atoms with Gasteiger partial charge in [-0.05, 0) is 38.5 Å². The Morgan fingerprint density at radius 1 is 0.431 bits per heavy atom. The van der Waals surface area contributed by atoms with Crippen LogP contribution in [-0.4, -0.2) is 36.4 Å². The molecule has 5 nitrogen and oxygen atoms in total. The van der Waals surface area contributed by atoms with Crippen LogP contribution in [0.2, 0.25) is 0 Å². The fourth-order valence-corrected chi connectivity index (χ4v) is 6.85. The van der Waals surface area contributed by atoms with Gasteiger partial charge in [0.25, 0.3) is 0 Å². The third-order valence-electron chi connectivity index (χ3n) is 10.3. The fourth-order valence-electron chi connectivity index (χ4n) is 6.85. The van der Waals surface area contributed by atoms with Crippen LogP contribution in [0.25, 0.3) is 0 Å². The van der Waals surface area contributed by atoms with Crippen molar-refractivity contribution in [1.29, 1.82) is 0 Å². The number of allylic oxidation sites excluding steroid dienone is 2. The van der Waals surface area contributed by atoms with Crippen molar-refractivity contribution in [2.75, 3.05) is 13.2 Å². The molecule has 1 N–H and O–H groups in total. The molecule has 0 unspecified atom stereocenters. The van der Waals surface area contributed by atoms with Gasteiger partial charge >= 0.3 is 11.9 Å². The molecule has 51 heavy (non-hydrogen) atoms. The average Bonchev–Trinajstić information content (AvgIpc) is 3.13. The van der Waals surface area contributed by atoms with Crippen molar-refractivity contribution in [2.45, 2.75) is 258 Å². The van der Waals surface area contributed by atoms with Gasteiger partial charge in [0.2, 0.25) is 0 Å². The lowest BCUT2D eigenvalue weighted by atomic mass is 10.0. The van der Waals surface area contributed by atoms with Gasteiger partial charge in [-0.3, -0.25) is 9.59 Å². The maximum atomic E-state index is 12.2. The van der Waals surface area contributed by atoms with E-state index in [1.807, 2.05) is 0 Å². The zero-order chi connectivity index (χ0) is 37.1. The monoisotopic (exact) mass is 721 g/mol. The van der Waals surface area contributed by atoms with Gasteiger partial charge in [-0.1, -0.05) is 212 Å². The Kier molecular flexibility index (Phi) is 41.9. The van der Waals surface area contributed by atoms with E-state index in [2.05, 4.69) is 26.0 Å². The zero-order valence-electron chi connectivity index (χ0n) is 34.4. The summed E-state index contributed by atoms with van der Waals surface area (Å²) in [6.45, 7) is 4.17. The first-order valence-corrected chi connectivity index (χ1v) is 22.7. The molecule has 0 aliphatic rings. The van der Waals surface area contributed by atoms with Gasteiger partial charge in [0.1, 0.15) is 6.61 Å². The van der Waals surface area contributed by atoms with Crippen LogP contribution in [0.1, 0.15) is 251 Å². The Labute approximate surface area is 318 Å². The smallest absolute Gasteiger partial charge is 0.306 e. The quantitative estimate of drug-likeness (QED) is 0.0386. The van der Waals surface area contributed by atoms with Gasteiger partial charge in [0.05, 0.1) is 6.61 Å². The van der Waals surface area contributed by atoms with Crippen molar-refractivity contribution < 1.29 is 24.2 Å². The summed E-state index contributed by atoms with van der Waals surface area (Å²) in [4.78, 5) is 24.3. The van der Waals surface area contributed by atoms with E-state index < -0.39 is 6.10 Å². The topological polar surface area (TPSA) is 72.8 Å². The second-order valence-corrected chi connectivity index (χ2v) is 15.5. The Morgan fingerprint density at radius 3 is 1.06 bits per heavy atom. The van der Waals surface area contributed by atoms with Crippen LogP contribution in [0, 0.1) is 0 Å². The molecule has 0 aromatic carbocycles. The molecule has 0 heterocycles. The first-order chi connectivity index (χ1) is 25.1. The van der Waals surface area contributed by atoms with Crippen molar-refractivity contribution in [3.8, 4) is 0 Å². The van der Waals surface area contributed by atoms with Crippen molar-refractivity contribution in [1.82, 2.24) is 0 Å². The van der Waals surface area contributed by atoms with Crippen LogP contribution in [-0.2, 0) is 19.1 Å². The van der Waals surface area contributed by atoms with Crippen LogP contribution in [0.15, 0.2) is 12.2 Å². The molecule has 0 radical (unpaired) electrons. The number of aliphatic hydroxyl groups is 1. The lowest BCUT2D eigenvalue weighted by Crippen LogP contribution is -2.28. The predicted molar refractivity (Wildman–Crippen MR) is 219 cm³/mol. The molecule has 0 saturated carbocycles. The average molecular weight is 721 g/mol. The number of ether oxygens (including phenoxy) is 2. The number of esters is 2. The molecular weight excluding hydrogens is 633 g/mol. The summed E-state index contributed by atoms with van der Waals surface area (Å²) in [6, 6.07) is 0. The Morgan fingerprint density at radius 2 is 0.725 bits per heavy atom. The maximum absolute atomic E-state index is 12.2. The largest absolute Gasteiger partial charge is 0.462 e. The Bertz CT molecular complexity index is 735. The van der Waals surface area contributed by atoms with Crippen LogP contribution in [0.4, 0.5) is 0 Å². The van der Waals surface area contributed by atoms with Gasteiger partial charge in [0.15, 0.2) is 6.10 Å². The van der Waals surface area contributed by atoms with Gasteiger partial charge in [-0.2, -0.15) is 0 Å². The summed E-state index contributed by atoms with van der Waals surface area (Å²) in [5.41, 5.74) is 0. The summed E-state index contributed by atoms with van der Waals surface area (Å²) in [5, 5.41) is 9.59. The number of hydrogen-bond donors (Lipinski definition) is 1. The van der Waals surface area contributed by atoms with Crippen LogP contribution < -0.4 is 0 Å². The Hall–Kier alpha value is -1.36. The van der Waals surface area contributed by atoms with E-state index in [0.29, 0.717) is 12.8 Å². The number of aliphatic hydroxyl groups excluding tert-OH is 1. The van der Waals surface area contributed by atoms with Gasteiger partial charge in [-0.25, -0.2) is 0 Å². The molecule has 0 spiro atoms. The highest BCUT2D eigenvalue weighted by atomic mass is 16.6.